The molecule has 1 aliphatic rings. The van der Waals surface area contributed by atoms with E-state index < -0.39 is 11.9 Å². The van der Waals surface area contributed by atoms with Crippen molar-refractivity contribution in [3.8, 4) is 0 Å². The molecule has 0 aliphatic carbocycles. The molecule has 3 rings (SSSR count). The average molecular weight is 382 g/mol. The van der Waals surface area contributed by atoms with Crippen LogP contribution < -0.4 is 0 Å². The Morgan fingerprint density at radius 2 is 2.04 bits per heavy atom. The topological polar surface area (TPSA) is 70.5 Å². The highest BCUT2D eigenvalue weighted by Crippen LogP contribution is 2.32. The lowest BCUT2D eigenvalue weighted by Crippen LogP contribution is -2.46. The van der Waals surface area contributed by atoms with Gasteiger partial charge in [-0.2, -0.15) is 0 Å². The van der Waals surface area contributed by atoms with E-state index in [-0.39, 0.29) is 18.4 Å². The molecular formula is C21H22N2O3S. The minimum atomic E-state index is -0.866. The zero-order valence-corrected chi connectivity index (χ0v) is 16.0. The highest BCUT2D eigenvalue weighted by molar-refractivity contribution is 7.10. The van der Waals surface area contributed by atoms with Gasteiger partial charge in [0.25, 0.3) is 5.91 Å². The van der Waals surface area contributed by atoms with Gasteiger partial charge in [0.2, 0.25) is 0 Å². The van der Waals surface area contributed by atoms with Crippen molar-refractivity contribution < 1.29 is 14.7 Å². The standard InChI is InChI=1S/C21H22N2O3S/c1-14(2)18(11-19-22-8-9-27-19)20(24)23-12-16(10-17(13-23)21(25)26)15-6-4-3-5-7-15/h3-9,11,16-17H,1,10,12-13H2,2H3,(H,25,26)/b18-11+. The van der Waals surface area contributed by atoms with E-state index in [1.165, 1.54) is 11.3 Å². The van der Waals surface area contributed by atoms with E-state index >= 15 is 0 Å². The highest BCUT2D eigenvalue weighted by Gasteiger charge is 2.35. The second kappa shape index (κ2) is 8.31. The summed E-state index contributed by atoms with van der Waals surface area (Å²) in [5.41, 5.74) is 2.17. The lowest BCUT2D eigenvalue weighted by atomic mass is 9.84. The maximum absolute atomic E-state index is 13.2. The number of aromatic nitrogens is 1. The molecule has 2 aromatic rings. The summed E-state index contributed by atoms with van der Waals surface area (Å²) >= 11 is 1.44. The largest absolute Gasteiger partial charge is 0.481 e. The summed E-state index contributed by atoms with van der Waals surface area (Å²) < 4.78 is 0. The van der Waals surface area contributed by atoms with Gasteiger partial charge in [0, 0.05) is 36.2 Å². The predicted molar refractivity (Wildman–Crippen MR) is 106 cm³/mol. The van der Waals surface area contributed by atoms with E-state index in [2.05, 4.69) is 11.6 Å². The van der Waals surface area contributed by atoms with Crippen molar-refractivity contribution in [3.63, 3.8) is 0 Å². The van der Waals surface area contributed by atoms with Gasteiger partial charge in [-0.15, -0.1) is 11.3 Å². The molecule has 0 saturated carbocycles. The first-order valence-corrected chi connectivity index (χ1v) is 9.67. The van der Waals surface area contributed by atoms with Gasteiger partial charge >= 0.3 is 5.97 Å². The van der Waals surface area contributed by atoms with Gasteiger partial charge in [0.05, 0.1) is 5.92 Å². The lowest BCUT2D eigenvalue weighted by molar-refractivity contribution is -0.145. The number of carboxylic acid groups (broad SMARTS) is 1. The molecule has 2 unspecified atom stereocenters. The Morgan fingerprint density at radius 3 is 2.63 bits per heavy atom. The summed E-state index contributed by atoms with van der Waals surface area (Å²) in [6, 6.07) is 9.78. The number of hydrogen-bond donors (Lipinski definition) is 1. The molecule has 1 aromatic heterocycles. The van der Waals surface area contributed by atoms with Crippen molar-refractivity contribution in [2.24, 2.45) is 5.92 Å². The molecule has 140 valence electrons. The molecule has 2 atom stereocenters. The Labute approximate surface area is 162 Å². The Hall–Kier alpha value is -2.73. The smallest absolute Gasteiger partial charge is 0.308 e. The maximum Gasteiger partial charge on any atom is 0.308 e. The third-order valence-electron chi connectivity index (χ3n) is 4.77. The summed E-state index contributed by atoms with van der Waals surface area (Å²) in [7, 11) is 0. The molecule has 1 saturated heterocycles. The van der Waals surface area contributed by atoms with E-state index in [1.54, 1.807) is 24.1 Å². The van der Waals surface area contributed by atoms with Crippen LogP contribution in [0.5, 0.6) is 0 Å². The highest BCUT2D eigenvalue weighted by atomic mass is 32.1. The molecule has 1 N–H and O–H groups in total. The van der Waals surface area contributed by atoms with Crippen LogP contribution in [0.2, 0.25) is 0 Å². The lowest BCUT2D eigenvalue weighted by Gasteiger charge is -2.37. The van der Waals surface area contributed by atoms with E-state index in [0.717, 1.165) is 10.6 Å². The fraction of sp³-hybridized carbons (Fsp3) is 0.286. The molecule has 6 heteroatoms. The molecule has 5 nitrogen and oxygen atoms in total. The van der Waals surface area contributed by atoms with Crippen molar-refractivity contribution in [2.75, 3.05) is 13.1 Å². The van der Waals surface area contributed by atoms with Crippen molar-refractivity contribution in [1.29, 1.82) is 0 Å². The number of carbonyl (C=O) groups excluding carboxylic acids is 1. The maximum atomic E-state index is 13.2. The first kappa shape index (κ1) is 19.0. The van der Waals surface area contributed by atoms with Crippen LogP contribution >= 0.6 is 11.3 Å². The van der Waals surface area contributed by atoms with E-state index in [4.69, 9.17) is 0 Å². The van der Waals surface area contributed by atoms with Crippen molar-refractivity contribution in [1.82, 2.24) is 9.88 Å². The van der Waals surface area contributed by atoms with E-state index in [9.17, 15) is 14.7 Å². The summed E-state index contributed by atoms with van der Waals surface area (Å²) in [4.78, 5) is 30.7. The number of thiazole rings is 1. The minimum absolute atomic E-state index is 0.00349. The SMILES string of the molecule is C=C(C)/C(=C\c1nccs1)C(=O)N1CC(C(=O)O)CC(c2ccccc2)C1. The molecule has 1 aliphatic heterocycles. The number of carboxylic acids is 1. The molecule has 1 aromatic carbocycles. The molecule has 0 bridgehead atoms. The van der Waals surface area contributed by atoms with Crippen molar-refractivity contribution >= 4 is 29.3 Å². The van der Waals surface area contributed by atoms with Crippen LogP contribution in [-0.2, 0) is 9.59 Å². The Morgan fingerprint density at radius 1 is 1.30 bits per heavy atom. The fourth-order valence-corrected chi connectivity index (χ4v) is 3.95. The first-order chi connectivity index (χ1) is 13.0. The number of hydrogen-bond acceptors (Lipinski definition) is 4. The summed E-state index contributed by atoms with van der Waals surface area (Å²) in [5.74, 6) is -1.64. The van der Waals surface area contributed by atoms with Crippen LogP contribution in [-0.4, -0.2) is 40.0 Å². The molecule has 27 heavy (non-hydrogen) atoms. The summed E-state index contributed by atoms with van der Waals surface area (Å²) in [5, 5.41) is 12.2. The number of piperidine rings is 1. The monoisotopic (exact) mass is 382 g/mol. The van der Waals surface area contributed by atoms with Crippen molar-refractivity contribution in [2.45, 2.75) is 19.3 Å². The number of carbonyl (C=O) groups is 2. The van der Waals surface area contributed by atoms with Gasteiger partial charge in [0.15, 0.2) is 0 Å². The third-order valence-corrected chi connectivity index (χ3v) is 5.49. The second-order valence-corrected chi connectivity index (χ2v) is 7.72. The third kappa shape index (κ3) is 4.52. The quantitative estimate of drug-likeness (QED) is 0.630. The van der Waals surface area contributed by atoms with Gasteiger partial charge in [-0.1, -0.05) is 36.9 Å². The number of rotatable bonds is 5. The molecule has 0 spiro atoms. The fourth-order valence-electron chi connectivity index (χ4n) is 3.38. The molecule has 2 heterocycles. The van der Waals surface area contributed by atoms with Crippen LogP contribution in [0.15, 0.2) is 59.6 Å². The van der Waals surface area contributed by atoms with Crippen LogP contribution in [0.25, 0.3) is 6.08 Å². The number of likely N-dealkylation sites (tertiary alicyclic amines) is 1. The van der Waals surface area contributed by atoms with Crippen LogP contribution in [0.4, 0.5) is 0 Å². The van der Waals surface area contributed by atoms with Gasteiger partial charge < -0.3 is 10.0 Å². The zero-order chi connectivity index (χ0) is 19.4. The Kier molecular flexibility index (Phi) is 5.86. The van der Waals surface area contributed by atoms with Crippen LogP contribution in [0.1, 0.15) is 29.8 Å². The molecular weight excluding hydrogens is 360 g/mol. The van der Waals surface area contributed by atoms with Gasteiger partial charge in [0.1, 0.15) is 5.01 Å². The molecule has 1 fully saturated rings. The number of benzene rings is 1. The van der Waals surface area contributed by atoms with E-state index in [0.29, 0.717) is 24.1 Å². The minimum Gasteiger partial charge on any atom is -0.481 e. The van der Waals surface area contributed by atoms with E-state index in [1.807, 2.05) is 35.7 Å². The Balaban J connectivity index is 1.89. The molecule has 0 radical (unpaired) electrons. The predicted octanol–water partition coefficient (Wildman–Crippen LogP) is 3.82. The van der Waals surface area contributed by atoms with Crippen LogP contribution in [0.3, 0.4) is 0 Å². The van der Waals surface area contributed by atoms with Crippen molar-refractivity contribution in [3.05, 3.63) is 70.2 Å². The number of amides is 1. The van der Waals surface area contributed by atoms with Gasteiger partial charge in [-0.05, 0) is 30.6 Å². The van der Waals surface area contributed by atoms with Gasteiger partial charge in [-0.25, -0.2) is 4.98 Å². The first-order valence-electron chi connectivity index (χ1n) is 8.79. The summed E-state index contributed by atoms with van der Waals surface area (Å²) in [6.07, 6.45) is 3.95. The van der Waals surface area contributed by atoms with Gasteiger partial charge in [-0.3, -0.25) is 9.59 Å². The number of aliphatic carboxylic acids is 1. The average Bonchev–Trinajstić information content (AvgIpc) is 3.19. The normalized spacial score (nSPS) is 20.3. The Bertz CT molecular complexity index is 859. The summed E-state index contributed by atoms with van der Waals surface area (Å²) in [6.45, 7) is 6.41. The second-order valence-electron chi connectivity index (χ2n) is 6.80. The number of nitrogens with zero attached hydrogens (tertiary/aromatic N) is 2. The van der Waals surface area contributed by atoms with Crippen LogP contribution in [0, 0.1) is 5.92 Å². The molecule has 1 amide bonds. The zero-order valence-electron chi connectivity index (χ0n) is 15.2.